The molecule has 0 aromatic heterocycles. The van der Waals surface area contributed by atoms with Gasteiger partial charge in [0.05, 0.1) is 19.8 Å². The van der Waals surface area contributed by atoms with Gasteiger partial charge in [0.2, 0.25) is 0 Å². The molecule has 3 atom stereocenters. The van der Waals surface area contributed by atoms with Gasteiger partial charge in [-0.3, -0.25) is 9.69 Å². The predicted octanol–water partition coefficient (Wildman–Crippen LogP) is 2.65. The normalized spacial score (nSPS) is 29.0. The quantitative estimate of drug-likeness (QED) is 0.842. The SMILES string of the molecule is COc1cccc(C(=O)N2CCN([C@@H]3C[C@H]4CC[C@@H]3C4)CC2)c1OC. The average Bonchev–Trinajstić information content (AvgIpc) is 3.30. The lowest BCUT2D eigenvalue weighted by molar-refractivity contribution is 0.0493. The van der Waals surface area contributed by atoms with Crippen LogP contribution in [0.15, 0.2) is 18.2 Å². The fraction of sp³-hybridized carbons (Fsp3) is 0.650. The van der Waals surface area contributed by atoms with Gasteiger partial charge in [0.25, 0.3) is 5.91 Å². The van der Waals surface area contributed by atoms with Crippen LogP contribution in [0.5, 0.6) is 11.5 Å². The Morgan fingerprint density at radius 1 is 1.04 bits per heavy atom. The molecule has 3 aliphatic rings. The van der Waals surface area contributed by atoms with E-state index >= 15 is 0 Å². The molecule has 4 rings (SSSR count). The molecule has 1 aliphatic heterocycles. The molecule has 2 aliphatic carbocycles. The van der Waals surface area contributed by atoms with Crippen LogP contribution in [0.3, 0.4) is 0 Å². The smallest absolute Gasteiger partial charge is 0.257 e. The fourth-order valence-corrected chi connectivity index (χ4v) is 5.14. The number of carbonyl (C=O) groups excluding carboxylic acids is 1. The van der Waals surface area contributed by atoms with Gasteiger partial charge in [-0.05, 0) is 43.2 Å². The number of ether oxygens (including phenoxy) is 2. The van der Waals surface area contributed by atoms with Crippen molar-refractivity contribution in [1.29, 1.82) is 0 Å². The zero-order valence-electron chi connectivity index (χ0n) is 15.2. The highest BCUT2D eigenvalue weighted by molar-refractivity contribution is 5.97. The van der Waals surface area contributed by atoms with Crippen molar-refractivity contribution in [3.63, 3.8) is 0 Å². The first kappa shape index (κ1) is 16.7. The van der Waals surface area contributed by atoms with Gasteiger partial charge in [0.1, 0.15) is 0 Å². The van der Waals surface area contributed by atoms with Crippen LogP contribution in [0.25, 0.3) is 0 Å². The highest BCUT2D eigenvalue weighted by Crippen LogP contribution is 2.46. The van der Waals surface area contributed by atoms with Crippen molar-refractivity contribution >= 4 is 5.91 Å². The summed E-state index contributed by atoms with van der Waals surface area (Å²) in [6.45, 7) is 3.58. The molecule has 1 aromatic carbocycles. The number of para-hydroxylation sites is 1. The Bertz CT molecular complexity index is 640. The van der Waals surface area contributed by atoms with Crippen LogP contribution in [0.2, 0.25) is 0 Å². The van der Waals surface area contributed by atoms with E-state index in [2.05, 4.69) is 4.90 Å². The summed E-state index contributed by atoms with van der Waals surface area (Å²) in [6.07, 6.45) is 5.66. The van der Waals surface area contributed by atoms with Gasteiger partial charge >= 0.3 is 0 Å². The molecule has 5 heteroatoms. The second-order valence-corrected chi connectivity index (χ2v) is 7.61. The van der Waals surface area contributed by atoms with Crippen LogP contribution in [0.4, 0.5) is 0 Å². The van der Waals surface area contributed by atoms with E-state index < -0.39 is 0 Å². The Morgan fingerprint density at radius 3 is 2.44 bits per heavy atom. The van der Waals surface area contributed by atoms with E-state index in [0.717, 1.165) is 44.1 Å². The summed E-state index contributed by atoms with van der Waals surface area (Å²) in [5.74, 6) is 3.06. The Labute approximate surface area is 149 Å². The van der Waals surface area contributed by atoms with E-state index in [9.17, 15) is 4.79 Å². The van der Waals surface area contributed by atoms with Crippen molar-refractivity contribution in [2.24, 2.45) is 11.8 Å². The first-order valence-corrected chi connectivity index (χ1v) is 9.45. The van der Waals surface area contributed by atoms with E-state index in [1.54, 1.807) is 14.2 Å². The van der Waals surface area contributed by atoms with Crippen molar-refractivity contribution in [3.8, 4) is 11.5 Å². The summed E-state index contributed by atoms with van der Waals surface area (Å²) in [6, 6.07) is 6.26. The maximum absolute atomic E-state index is 13.0. The summed E-state index contributed by atoms with van der Waals surface area (Å²) in [5.41, 5.74) is 0.593. The molecule has 0 unspecified atom stereocenters. The summed E-state index contributed by atoms with van der Waals surface area (Å²) in [7, 11) is 3.18. The Hall–Kier alpha value is -1.75. The first-order chi connectivity index (χ1) is 12.2. The van der Waals surface area contributed by atoms with Crippen LogP contribution < -0.4 is 9.47 Å². The van der Waals surface area contributed by atoms with Crippen molar-refractivity contribution in [2.45, 2.75) is 31.7 Å². The number of piperazine rings is 1. The Morgan fingerprint density at radius 2 is 1.84 bits per heavy atom. The molecule has 0 radical (unpaired) electrons. The molecule has 5 nitrogen and oxygen atoms in total. The topological polar surface area (TPSA) is 42.0 Å². The number of hydrogen-bond donors (Lipinski definition) is 0. The molecule has 2 bridgehead atoms. The third-order valence-electron chi connectivity index (χ3n) is 6.40. The molecule has 1 aromatic rings. The van der Waals surface area contributed by atoms with E-state index in [4.69, 9.17) is 9.47 Å². The summed E-state index contributed by atoms with van der Waals surface area (Å²) < 4.78 is 10.8. The third-order valence-corrected chi connectivity index (χ3v) is 6.40. The van der Waals surface area contributed by atoms with Crippen molar-refractivity contribution < 1.29 is 14.3 Å². The van der Waals surface area contributed by atoms with Crippen molar-refractivity contribution in [1.82, 2.24) is 9.80 Å². The molecule has 0 spiro atoms. The Kier molecular flexibility index (Phi) is 4.59. The minimum Gasteiger partial charge on any atom is -0.493 e. The number of nitrogens with zero attached hydrogens (tertiary/aromatic N) is 2. The number of fused-ring (bicyclic) bond motifs is 2. The summed E-state index contributed by atoms with van der Waals surface area (Å²) in [5, 5.41) is 0. The predicted molar refractivity (Wildman–Crippen MR) is 96.3 cm³/mol. The van der Waals surface area contributed by atoms with Crippen LogP contribution in [0, 0.1) is 11.8 Å². The van der Waals surface area contributed by atoms with Crippen LogP contribution in [0.1, 0.15) is 36.0 Å². The number of rotatable bonds is 4. The van der Waals surface area contributed by atoms with E-state index in [1.807, 2.05) is 23.1 Å². The van der Waals surface area contributed by atoms with Crippen LogP contribution in [-0.4, -0.2) is 62.1 Å². The number of methoxy groups -OCH3 is 2. The highest BCUT2D eigenvalue weighted by Gasteiger charge is 2.43. The second kappa shape index (κ2) is 6.87. The Balaban J connectivity index is 1.42. The van der Waals surface area contributed by atoms with Gasteiger partial charge in [-0.25, -0.2) is 0 Å². The third kappa shape index (κ3) is 2.99. The van der Waals surface area contributed by atoms with Gasteiger partial charge in [-0.1, -0.05) is 12.5 Å². The standard InChI is InChI=1S/C20H28N2O3/c1-24-18-5-3-4-16(19(18)25-2)20(23)22-10-8-21(9-11-22)17-13-14-6-7-15(17)12-14/h3-5,14-15,17H,6-13H2,1-2H3/t14-,15+,17+/m0/s1. The van der Waals surface area contributed by atoms with Gasteiger partial charge in [-0.15, -0.1) is 0 Å². The minimum absolute atomic E-state index is 0.0448. The monoisotopic (exact) mass is 344 g/mol. The maximum atomic E-state index is 13.0. The van der Waals surface area contributed by atoms with Gasteiger partial charge in [0.15, 0.2) is 11.5 Å². The summed E-state index contributed by atoms with van der Waals surface area (Å²) >= 11 is 0. The molecule has 1 heterocycles. The van der Waals surface area contributed by atoms with Crippen molar-refractivity contribution in [2.75, 3.05) is 40.4 Å². The van der Waals surface area contributed by atoms with Gasteiger partial charge in [0, 0.05) is 32.2 Å². The maximum Gasteiger partial charge on any atom is 0.257 e. The van der Waals surface area contributed by atoms with E-state index in [1.165, 1.54) is 25.7 Å². The molecule has 136 valence electrons. The molecular weight excluding hydrogens is 316 g/mol. The number of amides is 1. The minimum atomic E-state index is 0.0448. The summed E-state index contributed by atoms with van der Waals surface area (Å²) in [4.78, 5) is 17.6. The molecule has 0 N–H and O–H groups in total. The number of carbonyl (C=O) groups is 1. The van der Waals surface area contributed by atoms with Crippen LogP contribution in [-0.2, 0) is 0 Å². The molecular formula is C20H28N2O3. The number of hydrogen-bond acceptors (Lipinski definition) is 4. The molecule has 1 amide bonds. The van der Waals surface area contributed by atoms with Crippen molar-refractivity contribution in [3.05, 3.63) is 23.8 Å². The molecule has 3 fully saturated rings. The highest BCUT2D eigenvalue weighted by atomic mass is 16.5. The zero-order valence-corrected chi connectivity index (χ0v) is 15.2. The van der Waals surface area contributed by atoms with E-state index in [-0.39, 0.29) is 5.91 Å². The molecule has 2 saturated carbocycles. The molecule has 25 heavy (non-hydrogen) atoms. The van der Waals surface area contributed by atoms with E-state index in [0.29, 0.717) is 17.1 Å². The number of benzene rings is 1. The fourth-order valence-electron chi connectivity index (χ4n) is 5.14. The average molecular weight is 344 g/mol. The zero-order chi connectivity index (χ0) is 17.4. The largest absolute Gasteiger partial charge is 0.493 e. The lowest BCUT2D eigenvalue weighted by Crippen LogP contribution is -2.53. The lowest BCUT2D eigenvalue weighted by Gasteiger charge is -2.41. The molecule has 1 saturated heterocycles. The lowest BCUT2D eigenvalue weighted by atomic mass is 9.93. The van der Waals surface area contributed by atoms with Gasteiger partial charge < -0.3 is 14.4 Å². The first-order valence-electron chi connectivity index (χ1n) is 9.45. The van der Waals surface area contributed by atoms with Crippen LogP contribution >= 0.6 is 0 Å². The van der Waals surface area contributed by atoms with Gasteiger partial charge in [-0.2, -0.15) is 0 Å². The second-order valence-electron chi connectivity index (χ2n) is 7.61.